The lowest BCUT2D eigenvalue weighted by Crippen LogP contribution is -2.36. The van der Waals surface area contributed by atoms with E-state index in [2.05, 4.69) is 106 Å². The number of benzene rings is 14. The molecule has 25 heteroatoms. The first kappa shape index (κ1) is 103. The molecular formula is C107H133N15O10. The van der Waals surface area contributed by atoms with Crippen molar-refractivity contribution in [3.8, 4) is 46.0 Å². The molecule has 2 aliphatic heterocycles. The summed E-state index contributed by atoms with van der Waals surface area (Å²) in [4.78, 5) is 6.78. The molecule has 2 fully saturated rings. The van der Waals surface area contributed by atoms with E-state index in [0.29, 0.717) is 77.4 Å². The lowest BCUT2D eigenvalue weighted by Gasteiger charge is -2.29. The summed E-state index contributed by atoms with van der Waals surface area (Å²) in [6, 6.07) is 92.5. The molecule has 696 valence electrons. The SMILES string of the molecule is CN(CCO)c1ccc(O)cc1.CNc1ccc(O)cc1.CNc1ccc(O)cc1C.Cc1c(N)cc(N)cc1N.Cc1ccc(N2CCCC2)cc1C.Cc1ccc(N2CCOCC2)cc1C.Cc1ccc(NCc2ccc(O)cc2)cc1N.Nc1ccc(O)c(CNc2cccc(O)c2)c1.Nc1ccc(O)c(NCc2ccccc2)c1.Oc1ccc(Nc2ccccc2)cc1. The minimum absolute atomic E-state index is 0.136. The van der Waals surface area contributed by atoms with Crippen molar-refractivity contribution < 1.29 is 50.7 Å². The number of aliphatic hydroxyl groups is 1. The Kier molecular flexibility index (Phi) is 43.3. The van der Waals surface area contributed by atoms with E-state index < -0.39 is 0 Å². The van der Waals surface area contributed by atoms with Crippen molar-refractivity contribution in [2.24, 2.45) is 0 Å². The van der Waals surface area contributed by atoms with Crippen molar-refractivity contribution in [2.45, 2.75) is 80.9 Å². The summed E-state index contributed by atoms with van der Waals surface area (Å²) in [6.45, 7) is 23.3. The third kappa shape index (κ3) is 37.8. The molecule has 2 saturated heterocycles. The topological polar surface area (TPSA) is 429 Å². The maximum Gasteiger partial charge on any atom is 0.138 e. The van der Waals surface area contributed by atoms with Crippen LogP contribution in [0.4, 0.5) is 91.0 Å². The molecule has 25 nitrogen and oxygen atoms in total. The number of morpholine rings is 1. The van der Waals surface area contributed by atoms with Crippen molar-refractivity contribution in [1.82, 2.24) is 0 Å². The molecule has 0 aromatic heterocycles. The first-order chi connectivity index (χ1) is 63.3. The fourth-order valence-corrected chi connectivity index (χ4v) is 12.8. The van der Waals surface area contributed by atoms with Gasteiger partial charge in [-0.1, -0.05) is 84.9 Å². The summed E-state index contributed by atoms with van der Waals surface area (Å²) in [5, 5.41) is 101. The van der Waals surface area contributed by atoms with Gasteiger partial charge >= 0.3 is 0 Å². The van der Waals surface area contributed by atoms with Gasteiger partial charge in [0.25, 0.3) is 0 Å². The summed E-state index contributed by atoms with van der Waals surface area (Å²) in [5.41, 5.74) is 59.4. The minimum Gasteiger partial charge on any atom is -0.508 e. The molecule has 2 heterocycles. The summed E-state index contributed by atoms with van der Waals surface area (Å²) >= 11 is 0. The zero-order chi connectivity index (χ0) is 95.9. The summed E-state index contributed by atoms with van der Waals surface area (Å²) in [7, 11) is 5.59. The number of nitrogen functional groups attached to an aromatic ring is 6. The van der Waals surface area contributed by atoms with Crippen LogP contribution in [0.15, 0.2) is 303 Å². The Morgan fingerprint density at radius 2 is 0.788 bits per heavy atom. The van der Waals surface area contributed by atoms with Crippen LogP contribution in [0, 0.1) is 48.5 Å². The average Bonchev–Trinajstić information content (AvgIpc) is 1.79. The molecule has 0 aliphatic carbocycles. The number of phenols is 8. The highest BCUT2D eigenvalue weighted by Gasteiger charge is 2.14. The first-order valence-electron chi connectivity index (χ1n) is 43.5. The van der Waals surface area contributed by atoms with Gasteiger partial charge in [0.05, 0.1) is 25.5 Å². The van der Waals surface area contributed by atoms with Gasteiger partial charge in [0, 0.05) is 170 Å². The Labute approximate surface area is 777 Å². The number of nitrogens with two attached hydrogens (primary N) is 6. The van der Waals surface area contributed by atoms with Crippen LogP contribution in [0.2, 0.25) is 0 Å². The smallest absolute Gasteiger partial charge is 0.138 e. The quantitative estimate of drug-likeness (QED) is 0.0215. The molecule has 16 rings (SSSR count). The largest absolute Gasteiger partial charge is 0.508 e. The Bertz CT molecular complexity index is 5690. The van der Waals surface area contributed by atoms with Gasteiger partial charge in [-0.05, 0) is 324 Å². The van der Waals surface area contributed by atoms with Gasteiger partial charge in [0.1, 0.15) is 46.0 Å². The van der Waals surface area contributed by atoms with Gasteiger partial charge in [-0.2, -0.15) is 0 Å². The number of phenolic OH excluding ortho intramolecular Hbond substituents is 8. The molecule has 2 aliphatic rings. The van der Waals surface area contributed by atoms with Gasteiger partial charge in [-0.25, -0.2) is 0 Å². The molecule has 0 unspecified atom stereocenters. The zero-order valence-electron chi connectivity index (χ0n) is 77.3. The van der Waals surface area contributed by atoms with E-state index in [1.165, 1.54) is 59.6 Å². The Morgan fingerprint density at radius 3 is 1.32 bits per heavy atom. The molecule has 27 N–H and O–H groups in total. The number of likely N-dealkylation sites (N-methyl/N-ethyl adjacent to an activating group) is 1. The molecule has 14 aromatic carbocycles. The molecule has 0 spiro atoms. The number of anilines is 16. The molecule has 0 amide bonds. The van der Waals surface area contributed by atoms with Crippen LogP contribution in [0.5, 0.6) is 46.0 Å². The second-order valence-electron chi connectivity index (χ2n) is 31.4. The van der Waals surface area contributed by atoms with E-state index in [4.69, 9.17) is 64.7 Å². The van der Waals surface area contributed by atoms with Crippen molar-refractivity contribution in [3.05, 3.63) is 359 Å². The summed E-state index contributed by atoms with van der Waals surface area (Å²) < 4.78 is 5.33. The van der Waals surface area contributed by atoms with Crippen molar-refractivity contribution in [3.63, 3.8) is 0 Å². The Morgan fingerprint density at radius 1 is 0.333 bits per heavy atom. The number of aryl methyl sites for hydroxylation is 6. The Balaban J connectivity index is 0.000000202. The van der Waals surface area contributed by atoms with E-state index in [0.717, 1.165) is 99.6 Å². The van der Waals surface area contributed by atoms with Crippen molar-refractivity contribution in [2.75, 3.05) is 155 Å². The number of hydrogen-bond acceptors (Lipinski definition) is 25. The number of rotatable bonds is 18. The molecular weight excluding hydrogens is 1660 g/mol. The highest BCUT2D eigenvalue weighted by Crippen LogP contribution is 2.30. The minimum atomic E-state index is 0.136. The van der Waals surface area contributed by atoms with E-state index in [1.807, 2.05) is 186 Å². The van der Waals surface area contributed by atoms with Crippen LogP contribution in [0.1, 0.15) is 68.5 Å². The number of aliphatic hydroxyl groups excluding tert-OH is 1. The lowest BCUT2D eigenvalue weighted by molar-refractivity contribution is 0.122. The summed E-state index contributed by atoms with van der Waals surface area (Å²) in [6.07, 6.45) is 2.71. The fourth-order valence-electron chi connectivity index (χ4n) is 12.8. The maximum atomic E-state index is 9.62. The van der Waals surface area contributed by atoms with Crippen molar-refractivity contribution in [1.29, 1.82) is 0 Å². The van der Waals surface area contributed by atoms with E-state index >= 15 is 0 Å². The summed E-state index contributed by atoms with van der Waals surface area (Å²) in [5.74, 6) is 2.06. The third-order valence-electron chi connectivity index (χ3n) is 21.1. The normalized spacial score (nSPS) is 11.3. The monoisotopic (exact) mass is 1790 g/mol. The molecule has 0 radical (unpaired) electrons. The number of nitrogens with zero attached hydrogens (tertiary/aromatic N) is 3. The second-order valence-corrected chi connectivity index (χ2v) is 31.4. The van der Waals surface area contributed by atoms with Crippen LogP contribution in [0.25, 0.3) is 0 Å². The molecule has 14 aromatic rings. The Hall–Kier alpha value is -15.6. The average molecular weight is 1790 g/mol. The van der Waals surface area contributed by atoms with Crippen LogP contribution in [-0.4, -0.2) is 120 Å². The predicted octanol–water partition coefficient (Wildman–Crippen LogP) is 20.7. The van der Waals surface area contributed by atoms with E-state index in [9.17, 15) is 20.4 Å². The van der Waals surface area contributed by atoms with E-state index in [1.54, 1.807) is 127 Å². The van der Waals surface area contributed by atoms with Gasteiger partial charge in [-0.15, -0.1) is 0 Å². The standard InChI is InChI=1S/C14H16N2O.C13H14N2O2.C13H14N2O.C12H17NO.C12H11NO.C12H17N.C9H13NO2.C8H11NO.C7H11N3.C7H9NO/c1-10-2-5-12(8-14(10)15)16-9-11-3-6-13(17)7-4-11;14-10-4-5-13(17)9(6-10)8-15-11-2-1-3-12(16)7-11;14-11-6-7-13(16)12(8-11)15-9-10-4-2-1-3-5-10;1-10-3-4-12(9-11(10)2)13-5-7-14-8-6-13;14-12-8-6-11(7-9-12)13-10-4-2-1-3-5-10;1-10-5-6-12(9-11(10)2)13-7-3-4-8-13;1-10(6-7-11)8-2-4-9(12)5-3-8;1-6-5-7(10)3-4-8(6)9-2;1-4-6(9)2-5(8)3-7(4)10;1-8-6-2-4-7(9)5-3-6/h2-8,16-17H,9,15H2,1H3;1-7,15-17H,8,14H2;1-8,15-16H,9,14H2;3-4,9H,5-8H2,1-2H3;1-9,13-14H;5-6,9H,3-4,7-8H2,1-2H3;2-5,11-12H,6-7H2,1H3;3-5,9-10H,1-2H3;2-3H,8-10H2,1H3;2-5,8-9H,1H3. The van der Waals surface area contributed by atoms with E-state index in [-0.39, 0.29) is 41.1 Å². The third-order valence-corrected chi connectivity index (χ3v) is 21.1. The number of aromatic hydroxyl groups is 8. The highest BCUT2D eigenvalue weighted by atomic mass is 16.5. The molecule has 0 atom stereocenters. The van der Waals surface area contributed by atoms with Crippen LogP contribution >= 0.6 is 0 Å². The molecule has 0 bridgehead atoms. The van der Waals surface area contributed by atoms with Gasteiger partial charge in [0.15, 0.2) is 0 Å². The number of nitrogens with one attached hydrogen (secondary N) is 6. The van der Waals surface area contributed by atoms with Crippen LogP contribution < -0.4 is 81.0 Å². The zero-order valence-corrected chi connectivity index (χ0v) is 77.3. The second kappa shape index (κ2) is 55.2. The van der Waals surface area contributed by atoms with Gasteiger partial charge in [-0.3, -0.25) is 0 Å². The fraction of sp³-hybridized carbons (Fsp3) is 0.215. The maximum absolute atomic E-state index is 9.62. The molecule has 132 heavy (non-hydrogen) atoms. The number of ether oxygens (including phenoxy) is 1. The lowest BCUT2D eigenvalue weighted by atomic mass is 10.1. The predicted molar refractivity (Wildman–Crippen MR) is 552 cm³/mol. The van der Waals surface area contributed by atoms with Gasteiger partial charge in [0.2, 0.25) is 0 Å². The van der Waals surface area contributed by atoms with Crippen LogP contribution in [0.3, 0.4) is 0 Å². The number of para-hydroxylation sites is 1. The first-order valence-corrected chi connectivity index (χ1v) is 43.5. The van der Waals surface area contributed by atoms with Crippen molar-refractivity contribution >= 4 is 91.0 Å². The molecule has 0 saturated carbocycles. The van der Waals surface area contributed by atoms with Crippen LogP contribution in [-0.2, 0) is 24.4 Å². The van der Waals surface area contributed by atoms with Gasteiger partial charge < -0.3 is 132 Å². The number of hydrogen-bond donors (Lipinski definition) is 21. The highest BCUT2D eigenvalue weighted by molar-refractivity contribution is 5.69.